The zero-order chi connectivity index (χ0) is 13.9. The van der Waals surface area contributed by atoms with Crippen LogP contribution in [0.4, 0.5) is 14.6 Å². The minimum absolute atomic E-state index is 0.0512. The first kappa shape index (κ1) is 13.7. The minimum Gasteiger partial charge on any atom is -0.504 e. The Labute approximate surface area is 99.2 Å². The molecule has 1 aromatic rings. The highest BCUT2D eigenvalue weighted by Crippen LogP contribution is 2.32. The number of ether oxygens (including phenoxy) is 1. The van der Waals surface area contributed by atoms with Gasteiger partial charge in [0, 0.05) is 6.07 Å². The van der Waals surface area contributed by atoms with Crippen molar-refractivity contribution in [2.75, 3.05) is 6.61 Å². The first-order chi connectivity index (χ1) is 8.38. The van der Waals surface area contributed by atoms with Crippen LogP contribution in [0.3, 0.4) is 0 Å². The number of nitrogens with zero attached hydrogens (tertiary/aromatic N) is 2. The molecule has 0 amide bonds. The number of alkyl halides is 2. The lowest BCUT2D eigenvalue weighted by Gasteiger charge is -2.04. The average Bonchev–Trinajstić information content (AvgIpc) is 2.28. The van der Waals surface area contributed by atoms with E-state index >= 15 is 0 Å². The molecular weight excluding hydrogens is 254 g/mol. The molecule has 0 aliphatic carbocycles. The van der Waals surface area contributed by atoms with Crippen molar-refractivity contribution in [1.29, 1.82) is 0 Å². The standard InChI is InChI=1S/C9H8F2N2O5/c1-2-18-9(15)6-5(14)3-4(7(10)11)8(12-6)13(16)17/h3,7,14H,2H2,1H3. The van der Waals surface area contributed by atoms with Crippen LogP contribution in [-0.2, 0) is 4.74 Å². The van der Waals surface area contributed by atoms with Crippen molar-refractivity contribution in [3.63, 3.8) is 0 Å². The van der Waals surface area contributed by atoms with Gasteiger partial charge in [0.15, 0.2) is 5.75 Å². The van der Waals surface area contributed by atoms with Crippen LogP contribution in [0.25, 0.3) is 0 Å². The quantitative estimate of drug-likeness (QED) is 0.504. The smallest absolute Gasteiger partial charge is 0.387 e. The fraction of sp³-hybridized carbons (Fsp3) is 0.333. The van der Waals surface area contributed by atoms with Crippen LogP contribution in [0.5, 0.6) is 5.75 Å². The highest BCUT2D eigenvalue weighted by molar-refractivity contribution is 5.90. The molecule has 18 heavy (non-hydrogen) atoms. The maximum Gasteiger partial charge on any atom is 0.387 e. The lowest BCUT2D eigenvalue weighted by atomic mass is 10.2. The molecule has 0 radical (unpaired) electrons. The van der Waals surface area contributed by atoms with Crippen molar-refractivity contribution < 1.29 is 28.3 Å². The lowest BCUT2D eigenvalue weighted by molar-refractivity contribution is -0.391. The molecule has 7 nitrogen and oxygen atoms in total. The van der Waals surface area contributed by atoms with Gasteiger partial charge < -0.3 is 20.0 Å². The van der Waals surface area contributed by atoms with Gasteiger partial charge in [-0.2, -0.15) is 0 Å². The normalized spacial score (nSPS) is 10.4. The van der Waals surface area contributed by atoms with E-state index in [-0.39, 0.29) is 6.61 Å². The van der Waals surface area contributed by atoms with Crippen molar-refractivity contribution in [2.24, 2.45) is 0 Å². The molecule has 0 bridgehead atoms. The van der Waals surface area contributed by atoms with Crippen LogP contribution in [0.2, 0.25) is 0 Å². The maximum absolute atomic E-state index is 12.5. The molecule has 9 heteroatoms. The van der Waals surface area contributed by atoms with Crippen molar-refractivity contribution in [3.8, 4) is 5.75 Å². The van der Waals surface area contributed by atoms with Gasteiger partial charge in [-0.15, -0.1) is 0 Å². The lowest BCUT2D eigenvalue weighted by Crippen LogP contribution is -2.10. The van der Waals surface area contributed by atoms with E-state index < -0.39 is 40.1 Å². The number of aromatic nitrogens is 1. The number of hydrogen-bond acceptors (Lipinski definition) is 6. The number of esters is 1. The molecule has 0 saturated carbocycles. The molecule has 0 atom stereocenters. The molecule has 1 N–H and O–H groups in total. The van der Waals surface area contributed by atoms with E-state index in [4.69, 9.17) is 0 Å². The van der Waals surface area contributed by atoms with Crippen LogP contribution < -0.4 is 0 Å². The number of rotatable bonds is 4. The molecule has 0 aliphatic rings. The summed E-state index contributed by atoms with van der Waals surface area (Å²) in [4.78, 5) is 23.8. The van der Waals surface area contributed by atoms with Crippen molar-refractivity contribution in [2.45, 2.75) is 13.3 Å². The summed E-state index contributed by atoms with van der Waals surface area (Å²) in [5.74, 6) is -3.21. The van der Waals surface area contributed by atoms with Crippen LogP contribution >= 0.6 is 0 Å². The molecule has 0 spiro atoms. The fourth-order valence-corrected chi connectivity index (χ4v) is 1.16. The molecule has 0 aliphatic heterocycles. The third-order valence-electron chi connectivity index (χ3n) is 1.89. The van der Waals surface area contributed by atoms with Gasteiger partial charge >= 0.3 is 17.5 Å². The van der Waals surface area contributed by atoms with Crippen LogP contribution in [0.15, 0.2) is 6.07 Å². The zero-order valence-electron chi connectivity index (χ0n) is 9.09. The second kappa shape index (κ2) is 5.34. The molecule has 0 aromatic carbocycles. The van der Waals surface area contributed by atoms with E-state index in [0.717, 1.165) is 0 Å². The van der Waals surface area contributed by atoms with Gasteiger partial charge in [-0.25, -0.2) is 13.6 Å². The van der Waals surface area contributed by atoms with Gasteiger partial charge in [0.25, 0.3) is 6.43 Å². The number of aromatic hydroxyl groups is 1. The Morgan fingerprint density at radius 3 is 2.72 bits per heavy atom. The number of hydrogen-bond donors (Lipinski definition) is 1. The van der Waals surface area contributed by atoms with Crippen LogP contribution in [0.1, 0.15) is 29.4 Å². The Balaban J connectivity index is 3.36. The monoisotopic (exact) mass is 262 g/mol. The molecular formula is C9H8F2N2O5. The third-order valence-corrected chi connectivity index (χ3v) is 1.89. The van der Waals surface area contributed by atoms with E-state index in [0.29, 0.717) is 6.07 Å². The predicted octanol–water partition coefficient (Wildman–Crippen LogP) is 1.81. The Morgan fingerprint density at radius 2 is 2.28 bits per heavy atom. The summed E-state index contributed by atoms with van der Waals surface area (Å²) in [5.41, 5.74) is -1.83. The van der Waals surface area contributed by atoms with Gasteiger partial charge in [-0.05, 0) is 16.8 Å². The zero-order valence-corrected chi connectivity index (χ0v) is 9.09. The second-order valence-electron chi connectivity index (χ2n) is 3.05. The van der Waals surface area contributed by atoms with E-state index in [1.807, 2.05) is 0 Å². The van der Waals surface area contributed by atoms with Crippen molar-refractivity contribution in [3.05, 3.63) is 27.4 Å². The van der Waals surface area contributed by atoms with Gasteiger partial charge in [-0.1, -0.05) is 0 Å². The number of carbonyl (C=O) groups excluding carboxylic acids is 1. The Kier molecular flexibility index (Phi) is 4.08. The third kappa shape index (κ3) is 2.67. The Morgan fingerprint density at radius 1 is 1.67 bits per heavy atom. The van der Waals surface area contributed by atoms with Crippen LogP contribution in [-0.4, -0.2) is 27.6 Å². The average molecular weight is 262 g/mol. The predicted molar refractivity (Wildman–Crippen MR) is 53.5 cm³/mol. The van der Waals surface area contributed by atoms with Gasteiger partial charge in [0.2, 0.25) is 0 Å². The number of nitro groups is 1. The largest absolute Gasteiger partial charge is 0.504 e. The first-order valence-corrected chi connectivity index (χ1v) is 4.72. The highest BCUT2D eigenvalue weighted by atomic mass is 19.3. The summed E-state index contributed by atoms with van der Waals surface area (Å²) in [6, 6.07) is 0.433. The van der Waals surface area contributed by atoms with Crippen molar-refractivity contribution in [1.82, 2.24) is 4.98 Å². The topological polar surface area (TPSA) is 103 Å². The summed E-state index contributed by atoms with van der Waals surface area (Å²) in [5, 5.41) is 19.9. The molecule has 1 heterocycles. The highest BCUT2D eigenvalue weighted by Gasteiger charge is 2.31. The molecule has 0 unspecified atom stereocenters. The summed E-state index contributed by atoms with van der Waals surface area (Å²) < 4.78 is 29.4. The van der Waals surface area contributed by atoms with E-state index in [2.05, 4.69) is 9.72 Å². The Hall–Kier alpha value is -2.32. The van der Waals surface area contributed by atoms with Crippen molar-refractivity contribution >= 4 is 11.8 Å². The SMILES string of the molecule is CCOC(=O)c1nc([N+](=O)[O-])c(C(F)F)cc1O. The molecule has 98 valence electrons. The molecule has 1 aromatic heterocycles. The number of halogens is 2. The second-order valence-corrected chi connectivity index (χ2v) is 3.05. The first-order valence-electron chi connectivity index (χ1n) is 4.72. The van der Waals surface area contributed by atoms with E-state index in [1.54, 1.807) is 0 Å². The Bertz CT molecular complexity index is 492. The number of pyridine rings is 1. The van der Waals surface area contributed by atoms with Crippen LogP contribution in [0, 0.1) is 10.1 Å². The summed E-state index contributed by atoms with van der Waals surface area (Å²) in [7, 11) is 0. The fourth-order valence-electron chi connectivity index (χ4n) is 1.16. The molecule has 0 saturated heterocycles. The molecule has 1 rings (SSSR count). The maximum atomic E-state index is 12.5. The number of carbonyl (C=O) groups is 1. The molecule has 0 fully saturated rings. The van der Waals surface area contributed by atoms with E-state index in [1.165, 1.54) is 6.92 Å². The van der Waals surface area contributed by atoms with Gasteiger partial charge in [-0.3, -0.25) is 0 Å². The van der Waals surface area contributed by atoms with Gasteiger partial charge in [0.05, 0.1) is 6.61 Å². The minimum atomic E-state index is -3.19. The van der Waals surface area contributed by atoms with E-state index in [9.17, 15) is 28.8 Å². The van der Waals surface area contributed by atoms with Gasteiger partial charge in [0.1, 0.15) is 5.56 Å². The summed E-state index contributed by atoms with van der Waals surface area (Å²) in [6.45, 7) is 1.42. The summed E-state index contributed by atoms with van der Waals surface area (Å²) >= 11 is 0. The summed E-state index contributed by atoms with van der Waals surface area (Å²) in [6.07, 6.45) is -3.19.